The van der Waals surface area contributed by atoms with Crippen molar-refractivity contribution in [3.63, 3.8) is 0 Å². The van der Waals surface area contributed by atoms with E-state index in [9.17, 15) is 4.79 Å². The molecule has 86 valence electrons. The van der Waals surface area contributed by atoms with Gasteiger partial charge < -0.3 is 15.6 Å². The van der Waals surface area contributed by atoms with Gasteiger partial charge in [0.15, 0.2) is 5.82 Å². The Morgan fingerprint density at radius 3 is 3.06 bits per heavy atom. The zero-order chi connectivity index (χ0) is 11.5. The third kappa shape index (κ3) is 1.85. The van der Waals surface area contributed by atoms with Crippen molar-refractivity contribution in [2.24, 2.45) is 0 Å². The summed E-state index contributed by atoms with van der Waals surface area (Å²) < 4.78 is 6.26. The normalized spacial score (nSPS) is 11.1. The molecule has 0 radical (unpaired) electrons. The molecule has 2 heterocycles. The van der Waals surface area contributed by atoms with E-state index in [2.05, 4.69) is 20.3 Å². The van der Waals surface area contributed by atoms with Gasteiger partial charge in [0.2, 0.25) is 11.6 Å². The van der Waals surface area contributed by atoms with E-state index in [4.69, 9.17) is 15.6 Å². The number of hydrogen-bond donors (Lipinski definition) is 3. The lowest BCUT2D eigenvalue weighted by Gasteiger charge is -2.00. The molecule has 0 aromatic carbocycles. The number of nitrogens with one attached hydrogen (secondary N) is 1. The van der Waals surface area contributed by atoms with E-state index in [1.807, 2.05) is 0 Å². The molecule has 0 amide bonds. The molecule has 0 bridgehead atoms. The first-order valence-corrected chi connectivity index (χ1v) is 4.51. The molecule has 9 heteroatoms. The largest absolute Gasteiger partial charge is 0.394 e. The highest BCUT2D eigenvalue weighted by Gasteiger charge is 2.10. The van der Waals surface area contributed by atoms with Gasteiger partial charge in [0.25, 0.3) is 5.56 Å². The van der Waals surface area contributed by atoms with Crippen molar-refractivity contribution >= 4 is 11.6 Å². The van der Waals surface area contributed by atoms with Gasteiger partial charge >= 0.3 is 0 Å². The van der Waals surface area contributed by atoms with Crippen molar-refractivity contribution in [3.8, 4) is 0 Å². The number of nitrogens with two attached hydrogens (primary N) is 1. The quantitative estimate of drug-likeness (QED) is 0.509. The Morgan fingerprint density at radius 2 is 2.31 bits per heavy atom. The van der Waals surface area contributed by atoms with Crippen LogP contribution in [-0.4, -0.2) is 43.1 Å². The average molecular weight is 226 g/mol. The van der Waals surface area contributed by atoms with Crippen LogP contribution in [-0.2, 0) is 11.3 Å². The van der Waals surface area contributed by atoms with Gasteiger partial charge in [0, 0.05) is 0 Å². The molecule has 0 aliphatic carbocycles. The predicted molar refractivity (Wildman–Crippen MR) is 52.6 cm³/mol. The number of H-pyrrole nitrogens is 1. The molecule has 9 nitrogen and oxygen atoms in total. The summed E-state index contributed by atoms with van der Waals surface area (Å²) in [6.45, 7) is 0.179. The number of aromatic amines is 1. The van der Waals surface area contributed by atoms with Crippen molar-refractivity contribution in [1.82, 2.24) is 24.8 Å². The first-order chi connectivity index (χ1) is 7.72. The summed E-state index contributed by atoms with van der Waals surface area (Å²) in [5, 5.41) is 19.8. The van der Waals surface area contributed by atoms with Gasteiger partial charge in [-0.1, -0.05) is 0 Å². The van der Waals surface area contributed by atoms with Crippen LogP contribution in [0, 0.1) is 0 Å². The highest BCUT2D eigenvalue weighted by Crippen LogP contribution is 1.99. The Kier molecular flexibility index (Phi) is 2.79. The van der Waals surface area contributed by atoms with Crippen LogP contribution >= 0.6 is 0 Å². The molecule has 0 saturated heterocycles. The van der Waals surface area contributed by atoms with Crippen molar-refractivity contribution in [1.29, 1.82) is 0 Å². The summed E-state index contributed by atoms with van der Waals surface area (Å²) in [6, 6.07) is 0. The number of aliphatic hydroxyl groups is 1. The van der Waals surface area contributed by atoms with Gasteiger partial charge in [-0.3, -0.25) is 9.78 Å². The number of ether oxygens (including phenoxy) is 1. The summed E-state index contributed by atoms with van der Waals surface area (Å²) in [4.78, 5) is 13.7. The number of nitrogen functional groups attached to an aromatic ring is 1. The van der Waals surface area contributed by atoms with E-state index in [1.54, 1.807) is 0 Å². The smallest absolute Gasteiger partial charge is 0.297 e. The molecule has 2 rings (SSSR count). The second kappa shape index (κ2) is 4.24. The zero-order valence-corrected chi connectivity index (χ0v) is 8.25. The lowest BCUT2D eigenvalue weighted by atomic mass is 10.6. The van der Waals surface area contributed by atoms with E-state index in [0.717, 1.165) is 0 Å². The van der Waals surface area contributed by atoms with Crippen LogP contribution in [0.1, 0.15) is 5.82 Å². The fourth-order valence-electron chi connectivity index (χ4n) is 1.18. The van der Waals surface area contributed by atoms with Crippen molar-refractivity contribution in [3.05, 3.63) is 16.2 Å². The third-order valence-corrected chi connectivity index (χ3v) is 1.82. The van der Waals surface area contributed by atoms with Crippen LogP contribution in [0.15, 0.2) is 4.79 Å². The number of anilines is 1. The average Bonchev–Trinajstić information content (AvgIpc) is 2.62. The maximum absolute atomic E-state index is 11.4. The van der Waals surface area contributed by atoms with Gasteiger partial charge in [-0.15, -0.1) is 15.3 Å². The lowest BCUT2D eigenvalue weighted by Crippen LogP contribution is -2.17. The third-order valence-electron chi connectivity index (χ3n) is 1.82. The first kappa shape index (κ1) is 10.5. The minimum Gasteiger partial charge on any atom is -0.394 e. The maximum Gasteiger partial charge on any atom is 0.297 e. The van der Waals surface area contributed by atoms with E-state index >= 15 is 0 Å². The van der Waals surface area contributed by atoms with Crippen LogP contribution in [0.4, 0.5) is 5.95 Å². The molecule has 2 aromatic heterocycles. The molecule has 0 spiro atoms. The van der Waals surface area contributed by atoms with E-state index < -0.39 is 5.56 Å². The molecule has 16 heavy (non-hydrogen) atoms. The summed E-state index contributed by atoms with van der Waals surface area (Å²) in [7, 11) is 0. The number of fused-ring (bicyclic) bond motifs is 1. The standard InChI is InChI=1S/C7H10N6O3/c8-7-9-6(15)5-11-10-4(13(5)12-7)3-16-2-1-14/h14H,1-3H2,(H3,8,9,12,15). The second-order valence-corrected chi connectivity index (χ2v) is 2.97. The second-order valence-electron chi connectivity index (χ2n) is 2.97. The highest BCUT2D eigenvalue weighted by molar-refractivity contribution is 5.34. The van der Waals surface area contributed by atoms with Crippen LogP contribution < -0.4 is 11.3 Å². The molecular weight excluding hydrogens is 216 g/mol. The van der Waals surface area contributed by atoms with Gasteiger partial charge in [0.05, 0.1) is 13.2 Å². The van der Waals surface area contributed by atoms with Gasteiger partial charge in [-0.2, -0.15) is 4.52 Å². The van der Waals surface area contributed by atoms with Crippen LogP contribution in [0.25, 0.3) is 5.65 Å². The van der Waals surface area contributed by atoms with E-state index in [-0.39, 0.29) is 31.4 Å². The Morgan fingerprint density at radius 1 is 1.50 bits per heavy atom. The minimum absolute atomic E-state index is 0.0271. The lowest BCUT2D eigenvalue weighted by molar-refractivity contribution is 0.0767. The number of rotatable bonds is 4. The van der Waals surface area contributed by atoms with Crippen LogP contribution in [0.2, 0.25) is 0 Å². The first-order valence-electron chi connectivity index (χ1n) is 4.51. The molecule has 0 aliphatic heterocycles. The van der Waals surface area contributed by atoms with Crippen molar-refractivity contribution < 1.29 is 9.84 Å². The number of nitrogens with zero attached hydrogens (tertiary/aromatic N) is 4. The van der Waals surface area contributed by atoms with Crippen molar-refractivity contribution in [2.75, 3.05) is 18.9 Å². The molecule has 0 unspecified atom stereocenters. The maximum atomic E-state index is 11.4. The Hall–Kier alpha value is -2.00. The monoisotopic (exact) mass is 226 g/mol. The molecule has 0 aliphatic rings. The van der Waals surface area contributed by atoms with Crippen LogP contribution in [0.3, 0.4) is 0 Å². The molecule has 0 fully saturated rings. The van der Waals surface area contributed by atoms with Crippen LogP contribution in [0.5, 0.6) is 0 Å². The summed E-state index contributed by atoms with van der Waals surface area (Å²) in [6.07, 6.45) is 0. The molecule has 2 aromatic rings. The van der Waals surface area contributed by atoms with Crippen molar-refractivity contribution in [2.45, 2.75) is 6.61 Å². The highest BCUT2D eigenvalue weighted by atomic mass is 16.5. The minimum atomic E-state index is -0.464. The summed E-state index contributed by atoms with van der Waals surface area (Å²) in [5.74, 6) is 0.321. The Bertz CT molecular complexity index is 547. The van der Waals surface area contributed by atoms with E-state index in [0.29, 0.717) is 5.82 Å². The predicted octanol–water partition coefficient (Wildman–Crippen LogP) is -2.10. The zero-order valence-electron chi connectivity index (χ0n) is 8.25. The number of aliphatic hydroxyl groups excluding tert-OH is 1. The SMILES string of the molecule is Nc1nn2c(COCCO)nnc2c(=O)[nH]1. The number of hydrogen-bond acceptors (Lipinski definition) is 7. The summed E-state index contributed by atoms with van der Waals surface area (Å²) >= 11 is 0. The van der Waals surface area contributed by atoms with E-state index in [1.165, 1.54) is 4.52 Å². The van der Waals surface area contributed by atoms with Gasteiger partial charge in [0.1, 0.15) is 6.61 Å². The van der Waals surface area contributed by atoms with Gasteiger partial charge in [-0.05, 0) is 0 Å². The Balaban J connectivity index is 2.36. The molecule has 4 N–H and O–H groups in total. The molecular formula is C7H10N6O3. The Labute approximate surface area is 88.9 Å². The molecule has 0 atom stereocenters. The molecule has 0 saturated carbocycles. The number of aromatic nitrogens is 5. The topological polar surface area (TPSA) is 131 Å². The summed E-state index contributed by atoms with van der Waals surface area (Å²) in [5.41, 5.74) is 4.97. The fraction of sp³-hybridized carbons (Fsp3) is 0.429. The van der Waals surface area contributed by atoms with Gasteiger partial charge in [-0.25, -0.2) is 0 Å². The fourth-order valence-corrected chi connectivity index (χ4v) is 1.18.